The maximum absolute atomic E-state index is 12.4. The molecule has 4 aromatic rings. The van der Waals surface area contributed by atoms with Crippen molar-refractivity contribution in [2.24, 2.45) is 0 Å². The fourth-order valence-corrected chi connectivity index (χ4v) is 3.17. The van der Waals surface area contributed by atoms with Gasteiger partial charge in [-0.3, -0.25) is 4.79 Å². The number of rotatable bonds is 6. The van der Waals surface area contributed by atoms with Crippen molar-refractivity contribution in [2.45, 2.75) is 6.54 Å². The number of hydrogen-bond acceptors (Lipinski definition) is 6. The number of carbonyl (C=O) groups is 1. The van der Waals surface area contributed by atoms with Crippen molar-refractivity contribution < 1.29 is 9.53 Å². The molecule has 0 unspecified atom stereocenters. The molecule has 0 aliphatic carbocycles. The van der Waals surface area contributed by atoms with Crippen LogP contribution in [0.15, 0.2) is 76.9 Å². The van der Waals surface area contributed by atoms with E-state index in [2.05, 4.69) is 15.7 Å². The summed E-state index contributed by atoms with van der Waals surface area (Å²) in [6.07, 6.45) is 0. The number of aromatic nitrogens is 4. The number of amides is 1. The number of hydrogen-bond donors (Lipinski definition) is 1. The monoisotopic (exact) mass is 393 g/mol. The lowest BCUT2D eigenvalue weighted by Gasteiger charge is -2.12. The predicted octanol–water partition coefficient (Wildman–Crippen LogP) is 2.92. The van der Waals surface area contributed by atoms with Gasteiger partial charge in [0.25, 0.3) is 0 Å². The van der Waals surface area contributed by atoms with Gasteiger partial charge in [0.1, 0.15) is 17.3 Å². The van der Waals surface area contributed by atoms with Crippen molar-refractivity contribution in [2.75, 3.05) is 5.32 Å². The highest BCUT2D eigenvalue weighted by atomic mass is 32.1. The Morgan fingerprint density at radius 1 is 1.00 bits per heavy atom. The second-order valence-electron chi connectivity index (χ2n) is 5.74. The van der Waals surface area contributed by atoms with Crippen LogP contribution >= 0.6 is 11.3 Å². The van der Waals surface area contributed by atoms with Crippen LogP contribution in [0.25, 0.3) is 5.00 Å². The van der Waals surface area contributed by atoms with Gasteiger partial charge in [0.2, 0.25) is 5.91 Å². The normalized spacial score (nSPS) is 10.6. The van der Waals surface area contributed by atoms with Gasteiger partial charge in [0.05, 0.1) is 5.69 Å². The van der Waals surface area contributed by atoms with Crippen LogP contribution in [0.3, 0.4) is 0 Å². The molecule has 0 radical (unpaired) electrons. The van der Waals surface area contributed by atoms with E-state index >= 15 is 0 Å². The molecule has 0 spiro atoms. The van der Waals surface area contributed by atoms with E-state index in [0.717, 1.165) is 9.36 Å². The number of tetrazole rings is 1. The Kier molecular flexibility index (Phi) is 4.98. The third kappa shape index (κ3) is 3.84. The zero-order valence-electron chi connectivity index (χ0n) is 14.6. The molecule has 9 heteroatoms. The Morgan fingerprint density at radius 2 is 1.79 bits per heavy atom. The SMILES string of the molecule is O=C(Cn1nnn(-c2cccs2)c1=O)Nc1ccccc1Oc1ccccc1. The number of carbonyl (C=O) groups excluding carboxylic acids is 1. The third-order valence-electron chi connectivity index (χ3n) is 3.78. The summed E-state index contributed by atoms with van der Waals surface area (Å²) in [6.45, 7) is -0.260. The van der Waals surface area contributed by atoms with Crippen molar-refractivity contribution in [3.05, 3.63) is 82.6 Å². The van der Waals surface area contributed by atoms with Gasteiger partial charge in [-0.2, -0.15) is 9.36 Å². The van der Waals surface area contributed by atoms with E-state index < -0.39 is 11.6 Å². The van der Waals surface area contributed by atoms with Crippen molar-refractivity contribution in [3.63, 3.8) is 0 Å². The van der Waals surface area contributed by atoms with E-state index in [4.69, 9.17) is 4.74 Å². The van der Waals surface area contributed by atoms with Gasteiger partial charge in [0, 0.05) is 0 Å². The number of benzene rings is 2. The quantitative estimate of drug-likeness (QED) is 0.544. The highest BCUT2D eigenvalue weighted by Gasteiger charge is 2.14. The molecule has 1 amide bonds. The first-order chi connectivity index (χ1) is 13.7. The van der Waals surface area contributed by atoms with Gasteiger partial charge in [-0.05, 0) is 52.2 Å². The van der Waals surface area contributed by atoms with Gasteiger partial charge < -0.3 is 10.1 Å². The summed E-state index contributed by atoms with van der Waals surface area (Å²) in [7, 11) is 0. The first-order valence-corrected chi connectivity index (χ1v) is 9.27. The summed E-state index contributed by atoms with van der Waals surface area (Å²) in [5.41, 5.74) is 0.0153. The van der Waals surface area contributed by atoms with Gasteiger partial charge in [-0.1, -0.05) is 30.3 Å². The van der Waals surface area contributed by atoms with Crippen LogP contribution < -0.4 is 15.7 Å². The lowest BCUT2D eigenvalue weighted by molar-refractivity contribution is -0.117. The molecule has 8 nitrogen and oxygen atoms in total. The van der Waals surface area contributed by atoms with Crippen LogP contribution in [0.1, 0.15) is 0 Å². The second-order valence-corrected chi connectivity index (χ2v) is 6.67. The Hall–Kier alpha value is -3.72. The summed E-state index contributed by atoms with van der Waals surface area (Å²) >= 11 is 1.36. The average molecular weight is 393 g/mol. The highest BCUT2D eigenvalue weighted by molar-refractivity contribution is 7.12. The molecule has 0 saturated carbocycles. The van der Waals surface area contributed by atoms with Crippen LogP contribution in [0.4, 0.5) is 5.69 Å². The molecule has 28 heavy (non-hydrogen) atoms. The molecule has 2 heterocycles. The summed E-state index contributed by atoms with van der Waals surface area (Å²) < 4.78 is 7.99. The molecular weight excluding hydrogens is 378 g/mol. The molecule has 0 fully saturated rings. The smallest absolute Gasteiger partial charge is 0.369 e. The minimum atomic E-state index is -0.480. The molecular formula is C19H15N5O3S. The fraction of sp³-hybridized carbons (Fsp3) is 0.0526. The van der Waals surface area contributed by atoms with Crippen LogP contribution in [-0.2, 0) is 11.3 Å². The van der Waals surface area contributed by atoms with Gasteiger partial charge in [-0.25, -0.2) is 4.79 Å². The first-order valence-electron chi connectivity index (χ1n) is 8.39. The van der Waals surface area contributed by atoms with Crippen LogP contribution in [0, 0.1) is 0 Å². The number of nitrogens with zero attached hydrogens (tertiary/aromatic N) is 4. The van der Waals surface area contributed by atoms with E-state index in [0.29, 0.717) is 22.2 Å². The maximum Gasteiger partial charge on any atom is 0.369 e. The van der Waals surface area contributed by atoms with E-state index in [-0.39, 0.29) is 6.54 Å². The van der Waals surface area contributed by atoms with Crippen molar-refractivity contribution in [1.29, 1.82) is 0 Å². The summed E-state index contributed by atoms with van der Waals surface area (Å²) in [5, 5.41) is 12.8. The zero-order valence-corrected chi connectivity index (χ0v) is 15.4. The van der Waals surface area contributed by atoms with Gasteiger partial charge in [0.15, 0.2) is 5.75 Å². The molecule has 1 N–H and O–H groups in total. The predicted molar refractivity (Wildman–Crippen MR) is 105 cm³/mol. The first kappa shape index (κ1) is 17.7. The number of ether oxygens (including phenoxy) is 1. The van der Waals surface area contributed by atoms with Crippen LogP contribution in [0.5, 0.6) is 11.5 Å². The Morgan fingerprint density at radius 3 is 2.57 bits per heavy atom. The van der Waals surface area contributed by atoms with Crippen LogP contribution in [-0.4, -0.2) is 25.7 Å². The summed E-state index contributed by atoms with van der Waals surface area (Å²) in [5.74, 6) is 0.736. The standard InChI is InChI=1S/C19H15N5O3S/c25-17(13-23-19(26)24(22-21-23)18-11-6-12-28-18)20-15-9-4-5-10-16(15)27-14-7-2-1-3-8-14/h1-12H,13H2,(H,20,25). The third-order valence-corrected chi connectivity index (χ3v) is 4.62. The Bertz CT molecular complexity index is 1140. The van der Waals surface area contributed by atoms with E-state index in [1.165, 1.54) is 11.3 Å². The van der Waals surface area contributed by atoms with E-state index in [1.807, 2.05) is 47.8 Å². The Labute approximate surface area is 163 Å². The number of anilines is 1. The largest absolute Gasteiger partial charge is 0.455 e. The number of para-hydroxylation sites is 3. The van der Waals surface area contributed by atoms with Crippen molar-refractivity contribution in [1.82, 2.24) is 19.8 Å². The van der Waals surface area contributed by atoms with E-state index in [9.17, 15) is 9.59 Å². The van der Waals surface area contributed by atoms with Gasteiger partial charge in [-0.15, -0.1) is 11.3 Å². The fourth-order valence-electron chi connectivity index (χ4n) is 2.50. The summed E-state index contributed by atoms with van der Waals surface area (Å²) in [6, 6.07) is 19.9. The minimum Gasteiger partial charge on any atom is -0.455 e. The highest BCUT2D eigenvalue weighted by Crippen LogP contribution is 2.29. The Balaban J connectivity index is 1.49. The molecule has 0 saturated heterocycles. The lowest BCUT2D eigenvalue weighted by atomic mass is 10.3. The van der Waals surface area contributed by atoms with E-state index in [1.54, 1.807) is 24.3 Å². The van der Waals surface area contributed by atoms with Crippen LogP contribution in [0.2, 0.25) is 0 Å². The zero-order chi connectivity index (χ0) is 19.3. The number of thiophene rings is 1. The molecule has 0 bridgehead atoms. The second kappa shape index (κ2) is 7.89. The molecule has 2 aromatic heterocycles. The van der Waals surface area contributed by atoms with Crippen molar-refractivity contribution >= 4 is 22.9 Å². The topological polar surface area (TPSA) is 91.0 Å². The van der Waals surface area contributed by atoms with Gasteiger partial charge >= 0.3 is 5.69 Å². The molecule has 0 atom stereocenters. The maximum atomic E-state index is 12.4. The molecule has 0 aliphatic heterocycles. The lowest BCUT2D eigenvalue weighted by Crippen LogP contribution is -2.29. The van der Waals surface area contributed by atoms with Crippen molar-refractivity contribution in [3.8, 4) is 16.5 Å². The molecule has 140 valence electrons. The average Bonchev–Trinajstić information content (AvgIpc) is 3.35. The summed E-state index contributed by atoms with van der Waals surface area (Å²) in [4.78, 5) is 24.8. The molecule has 4 rings (SSSR count). The molecule has 0 aliphatic rings. The minimum absolute atomic E-state index is 0.260. The number of nitrogens with one attached hydrogen (secondary N) is 1. The molecule has 2 aromatic carbocycles.